The van der Waals surface area contributed by atoms with E-state index >= 15 is 0 Å². The van der Waals surface area contributed by atoms with Gasteiger partial charge < -0.3 is 5.32 Å². The molecule has 1 aromatic carbocycles. The van der Waals surface area contributed by atoms with Crippen LogP contribution in [0, 0.1) is 38.5 Å². The van der Waals surface area contributed by atoms with Gasteiger partial charge in [-0.15, -0.1) is 10.2 Å². The van der Waals surface area contributed by atoms with E-state index in [1.54, 1.807) is 0 Å². The molecule has 23 heavy (non-hydrogen) atoms. The zero-order valence-electron chi connectivity index (χ0n) is 11.5. The molecule has 0 aliphatic heterocycles. The topological polar surface area (TPSA) is 177 Å². The van der Waals surface area contributed by atoms with E-state index < -0.39 is 21.2 Å². The Balaban J connectivity index is 2.45. The number of non-ortho nitro benzene ring substituents is 1. The molecule has 0 bridgehead atoms. The Morgan fingerprint density at radius 1 is 1.39 bits per heavy atom. The van der Waals surface area contributed by atoms with E-state index in [0.29, 0.717) is 0 Å². The molecule has 0 amide bonds. The smallest absolute Gasteiger partial charge is 0.281 e. The number of nitrogens with zero attached hydrogens (tertiary/aromatic N) is 6. The van der Waals surface area contributed by atoms with E-state index in [4.69, 9.17) is 5.26 Å². The van der Waals surface area contributed by atoms with E-state index in [0.717, 1.165) is 12.1 Å². The Labute approximate surface area is 127 Å². The predicted octanol–water partition coefficient (Wildman–Crippen LogP) is 1.30. The van der Waals surface area contributed by atoms with Gasteiger partial charge in [-0.3, -0.25) is 20.2 Å². The van der Waals surface area contributed by atoms with Gasteiger partial charge in [0, 0.05) is 12.3 Å². The molecule has 0 fully saturated rings. The molecule has 0 saturated heterocycles. The van der Waals surface area contributed by atoms with Crippen LogP contribution in [0.25, 0.3) is 5.57 Å². The average Bonchev–Trinajstić information content (AvgIpc) is 3.03. The average molecular weight is 316 g/mol. The Bertz CT molecular complexity index is 836. The lowest BCUT2D eigenvalue weighted by Crippen LogP contribution is -2.01. The van der Waals surface area contributed by atoms with Gasteiger partial charge in [0.2, 0.25) is 5.82 Å². The fraction of sp³-hybridized carbons (Fsp3) is 0.0909. The highest BCUT2D eigenvalue weighted by Gasteiger charge is 2.21. The van der Waals surface area contributed by atoms with Crippen LogP contribution >= 0.6 is 0 Å². The lowest BCUT2D eigenvalue weighted by Gasteiger charge is -2.06. The van der Waals surface area contributed by atoms with Crippen LogP contribution in [0.4, 0.5) is 17.1 Å². The van der Waals surface area contributed by atoms with E-state index in [-0.39, 0.29) is 22.6 Å². The number of rotatable bonds is 5. The maximum absolute atomic E-state index is 11.0. The first-order chi connectivity index (χ1) is 10.9. The summed E-state index contributed by atoms with van der Waals surface area (Å²) in [6.07, 6.45) is 1.18. The highest BCUT2D eigenvalue weighted by atomic mass is 16.6. The molecule has 2 rings (SSSR count). The molecule has 12 nitrogen and oxygen atoms in total. The molecule has 2 aromatic rings. The van der Waals surface area contributed by atoms with Gasteiger partial charge >= 0.3 is 0 Å². The van der Waals surface area contributed by atoms with Crippen molar-refractivity contribution in [1.29, 1.82) is 5.26 Å². The number of nitro groups is 2. The minimum Gasteiger partial charge on any atom is -0.360 e. The monoisotopic (exact) mass is 316 g/mol. The quantitative estimate of drug-likeness (QED) is 0.467. The van der Waals surface area contributed by atoms with Crippen LogP contribution in [-0.2, 0) is 0 Å². The fourth-order valence-electron chi connectivity index (χ4n) is 1.70. The Kier molecular flexibility index (Phi) is 4.22. The number of aromatic nitrogens is 4. The Morgan fingerprint density at radius 3 is 2.65 bits per heavy atom. The van der Waals surface area contributed by atoms with Crippen LogP contribution in [0.2, 0.25) is 0 Å². The number of H-pyrrole nitrogens is 1. The van der Waals surface area contributed by atoms with Crippen molar-refractivity contribution >= 4 is 22.6 Å². The van der Waals surface area contributed by atoms with Crippen molar-refractivity contribution in [2.24, 2.45) is 0 Å². The van der Waals surface area contributed by atoms with Crippen molar-refractivity contribution in [2.75, 3.05) is 5.32 Å². The van der Waals surface area contributed by atoms with E-state index in [1.165, 1.54) is 13.1 Å². The summed E-state index contributed by atoms with van der Waals surface area (Å²) in [6.45, 7) is 1.43. The van der Waals surface area contributed by atoms with E-state index in [9.17, 15) is 20.2 Å². The molecular formula is C11H8N8O4. The van der Waals surface area contributed by atoms with Crippen LogP contribution in [0.1, 0.15) is 11.4 Å². The maximum Gasteiger partial charge on any atom is 0.281 e. The van der Waals surface area contributed by atoms with Crippen molar-refractivity contribution in [1.82, 2.24) is 20.6 Å². The first kappa shape index (κ1) is 15.5. The summed E-state index contributed by atoms with van der Waals surface area (Å²) in [7, 11) is 0. The molecule has 0 aliphatic carbocycles. The van der Waals surface area contributed by atoms with Crippen molar-refractivity contribution < 1.29 is 9.85 Å². The molecule has 0 saturated carbocycles. The number of aromatic amines is 1. The molecule has 116 valence electrons. The van der Waals surface area contributed by atoms with Crippen molar-refractivity contribution in [3.05, 3.63) is 49.9 Å². The molecule has 0 aliphatic rings. The second-order valence-corrected chi connectivity index (χ2v) is 4.20. The summed E-state index contributed by atoms with van der Waals surface area (Å²) >= 11 is 0. The molecule has 1 heterocycles. The molecule has 0 atom stereocenters. The van der Waals surface area contributed by atoms with Crippen LogP contribution in [0.3, 0.4) is 0 Å². The first-order valence-electron chi connectivity index (χ1n) is 5.98. The predicted molar refractivity (Wildman–Crippen MR) is 75.9 cm³/mol. The summed E-state index contributed by atoms with van der Waals surface area (Å²) in [4.78, 5) is 20.4. The number of nitro benzene ring substituents is 2. The lowest BCUT2D eigenvalue weighted by molar-refractivity contribution is -0.394. The number of hydrogen-bond donors (Lipinski definition) is 2. The zero-order chi connectivity index (χ0) is 17.0. The number of nitrogens with one attached hydrogen (secondary N) is 2. The van der Waals surface area contributed by atoms with Gasteiger partial charge in [-0.2, -0.15) is 10.5 Å². The normalized spacial score (nSPS) is 10.9. The van der Waals surface area contributed by atoms with Crippen LogP contribution in [0.15, 0.2) is 18.3 Å². The van der Waals surface area contributed by atoms with Crippen molar-refractivity contribution in [3.63, 3.8) is 0 Å². The van der Waals surface area contributed by atoms with Gasteiger partial charge in [-0.25, -0.2) is 0 Å². The van der Waals surface area contributed by atoms with E-state index in [2.05, 4.69) is 25.9 Å². The number of tetrazole rings is 1. The Hall–Kier alpha value is -3.88. The minimum absolute atomic E-state index is 0.00712. The molecule has 0 spiro atoms. The highest BCUT2D eigenvalue weighted by Crippen LogP contribution is 2.31. The number of nitriles is 1. The summed E-state index contributed by atoms with van der Waals surface area (Å²) < 4.78 is 0. The second-order valence-electron chi connectivity index (χ2n) is 4.20. The fourth-order valence-corrected chi connectivity index (χ4v) is 1.70. The highest BCUT2D eigenvalue weighted by molar-refractivity contribution is 5.75. The molecule has 0 radical (unpaired) electrons. The standard InChI is InChI=1S/C11H8N8O4/c1-6-9(2-8(18(20)21)3-10(6)19(22)23)13-5-7(4-12)11-14-16-17-15-11/h2-3,5,13H,1H3,(H,14,15,16,17). The van der Waals surface area contributed by atoms with Crippen molar-refractivity contribution in [3.8, 4) is 6.07 Å². The third kappa shape index (κ3) is 3.24. The van der Waals surface area contributed by atoms with Crippen LogP contribution in [-0.4, -0.2) is 30.5 Å². The van der Waals surface area contributed by atoms with Crippen LogP contribution in [0.5, 0.6) is 0 Å². The van der Waals surface area contributed by atoms with Gasteiger partial charge in [-0.1, -0.05) is 0 Å². The zero-order valence-corrected chi connectivity index (χ0v) is 11.5. The summed E-state index contributed by atoms with van der Waals surface area (Å²) in [5.74, 6) is 0.0117. The van der Waals surface area contributed by atoms with Gasteiger partial charge in [0.1, 0.15) is 11.6 Å². The van der Waals surface area contributed by atoms with Gasteiger partial charge in [0.15, 0.2) is 0 Å². The summed E-state index contributed by atoms with van der Waals surface area (Å²) in [5.41, 5.74) is -0.568. The molecule has 1 aromatic heterocycles. The number of allylic oxidation sites excluding steroid dienone is 1. The van der Waals surface area contributed by atoms with E-state index in [1.807, 2.05) is 6.07 Å². The third-order valence-corrected chi connectivity index (χ3v) is 2.85. The van der Waals surface area contributed by atoms with Gasteiger partial charge in [-0.05, 0) is 12.1 Å². The Morgan fingerprint density at radius 2 is 2.13 bits per heavy atom. The summed E-state index contributed by atoms with van der Waals surface area (Å²) in [6, 6.07) is 3.81. The third-order valence-electron chi connectivity index (χ3n) is 2.85. The lowest BCUT2D eigenvalue weighted by atomic mass is 10.1. The molecule has 0 unspecified atom stereocenters. The maximum atomic E-state index is 11.0. The molecule has 12 heteroatoms. The van der Waals surface area contributed by atoms with Crippen molar-refractivity contribution in [2.45, 2.75) is 6.92 Å². The first-order valence-corrected chi connectivity index (χ1v) is 5.98. The minimum atomic E-state index is -0.744. The largest absolute Gasteiger partial charge is 0.360 e. The number of anilines is 1. The van der Waals surface area contributed by atoms with Gasteiger partial charge in [0.25, 0.3) is 11.4 Å². The second kappa shape index (κ2) is 6.26. The number of benzene rings is 1. The summed E-state index contributed by atoms with van der Waals surface area (Å²) in [5, 5.41) is 46.2. The molecule has 2 N–H and O–H groups in total. The SMILES string of the molecule is Cc1c(NC=C(C#N)c2nn[nH]n2)cc([N+](=O)[O-])cc1[N+](=O)[O-]. The van der Waals surface area contributed by atoms with Crippen LogP contribution < -0.4 is 5.32 Å². The number of hydrogen-bond acceptors (Lipinski definition) is 9. The molecular weight excluding hydrogens is 308 g/mol. The van der Waals surface area contributed by atoms with Gasteiger partial charge in [0.05, 0.1) is 27.2 Å².